The third-order valence-corrected chi connectivity index (χ3v) is 4.16. The van der Waals surface area contributed by atoms with Gasteiger partial charge in [0.25, 0.3) is 0 Å². The minimum absolute atomic E-state index is 0.390. The summed E-state index contributed by atoms with van der Waals surface area (Å²) in [7, 11) is 0. The number of rotatable bonds is 7. The second-order valence-electron chi connectivity index (χ2n) is 6.65. The molecule has 3 heteroatoms. The van der Waals surface area contributed by atoms with E-state index in [1.807, 2.05) is 6.92 Å². The second-order valence-corrected chi connectivity index (χ2v) is 6.65. The van der Waals surface area contributed by atoms with Gasteiger partial charge in [-0.15, -0.1) is 0 Å². The topological polar surface area (TPSA) is 28.4 Å². The van der Waals surface area contributed by atoms with E-state index in [0.717, 1.165) is 24.0 Å². The average molecular weight is 278 g/mol. The number of nitrogens with zero attached hydrogens (tertiary/aromatic N) is 1. The van der Waals surface area contributed by atoms with Gasteiger partial charge in [0.05, 0.1) is 6.04 Å². The van der Waals surface area contributed by atoms with Crippen LogP contribution in [0.15, 0.2) is 16.5 Å². The molecule has 114 valence electrons. The fourth-order valence-electron chi connectivity index (χ4n) is 3.20. The van der Waals surface area contributed by atoms with Crippen molar-refractivity contribution in [2.75, 3.05) is 19.6 Å². The highest BCUT2D eigenvalue weighted by Gasteiger charge is 2.26. The fourth-order valence-corrected chi connectivity index (χ4v) is 3.20. The van der Waals surface area contributed by atoms with E-state index < -0.39 is 0 Å². The quantitative estimate of drug-likeness (QED) is 0.823. The first kappa shape index (κ1) is 15.6. The molecule has 0 radical (unpaired) electrons. The molecule has 2 atom stereocenters. The first-order valence-electron chi connectivity index (χ1n) is 8.10. The number of nitrogens with one attached hydrogen (secondary N) is 1. The number of hydrogen-bond acceptors (Lipinski definition) is 3. The van der Waals surface area contributed by atoms with E-state index >= 15 is 0 Å². The minimum atomic E-state index is 0.390. The zero-order chi connectivity index (χ0) is 14.5. The average Bonchev–Trinajstić information content (AvgIpc) is 3.01. The lowest BCUT2D eigenvalue weighted by Gasteiger charge is -2.28. The summed E-state index contributed by atoms with van der Waals surface area (Å²) in [5.74, 6) is 2.88. The summed E-state index contributed by atoms with van der Waals surface area (Å²) in [5, 5.41) is 3.70. The van der Waals surface area contributed by atoms with E-state index in [9.17, 15) is 0 Å². The Bertz CT molecular complexity index is 393. The van der Waals surface area contributed by atoms with E-state index in [4.69, 9.17) is 4.42 Å². The van der Waals surface area contributed by atoms with Crippen LogP contribution in [0.25, 0.3) is 0 Å². The van der Waals surface area contributed by atoms with Crippen LogP contribution in [0.3, 0.4) is 0 Å². The molecule has 1 aliphatic heterocycles. The molecule has 2 heterocycles. The Morgan fingerprint density at radius 2 is 1.90 bits per heavy atom. The van der Waals surface area contributed by atoms with Crippen LogP contribution in [0.4, 0.5) is 0 Å². The van der Waals surface area contributed by atoms with Gasteiger partial charge in [-0.1, -0.05) is 13.8 Å². The Morgan fingerprint density at radius 1 is 1.20 bits per heavy atom. The molecule has 1 fully saturated rings. The smallest absolute Gasteiger partial charge is 0.122 e. The number of hydrogen-bond donors (Lipinski definition) is 1. The lowest BCUT2D eigenvalue weighted by Crippen LogP contribution is -2.38. The summed E-state index contributed by atoms with van der Waals surface area (Å²) >= 11 is 0. The van der Waals surface area contributed by atoms with Crippen LogP contribution < -0.4 is 5.32 Å². The SMILES string of the molecule is Cc1ccc([C@@H](CN[C@H](C)CC(C)C)N2CCCC2)o1. The van der Waals surface area contributed by atoms with Gasteiger partial charge in [-0.25, -0.2) is 0 Å². The van der Waals surface area contributed by atoms with Crippen molar-refractivity contribution in [3.8, 4) is 0 Å². The van der Waals surface area contributed by atoms with Crippen LogP contribution in [0, 0.1) is 12.8 Å². The molecule has 0 aromatic carbocycles. The molecule has 0 unspecified atom stereocenters. The van der Waals surface area contributed by atoms with Gasteiger partial charge in [0, 0.05) is 12.6 Å². The van der Waals surface area contributed by atoms with Gasteiger partial charge in [-0.05, 0) is 64.3 Å². The molecule has 1 aromatic heterocycles. The molecular weight excluding hydrogens is 248 g/mol. The molecule has 0 aliphatic carbocycles. The number of likely N-dealkylation sites (tertiary alicyclic amines) is 1. The Labute approximate surface area is 123 Å². The first-order valence-corrected chi connectivity index (χ1v) is 8.10. The van der Waals surface area contributed by atoms with Gasteiger partial charge in [0.15, 0.2) is 0 Å². The molecule has 2 rings (SSSR count). The van der Waals surface area contributed by atoms with Gasteiger partial charge in [0.1, 0.15) is 11.5 Å². The van der Waals surface area contributed by atoms with Gasteiger partial charge in [-0.3, -0.25) is 4.90 Å². The van der Waals surface area contributed by atoms with Crippen molar-refractivity contribution in [1.29, 1.82) is 0 Å². The van der Waals surface area contributed by atoms with Crippen LogP contribution in [0.1, 0.15) is 57.6 Å². The van der Waals surface area contributed by atoms with Crippen LogP contribution >= 0.6 is 0 Å². The third kappa shape index (κ3) is 4.35. The highest BCUT2D eigenvalue weighted by Crippen LogP contribution is 2.26. The first-order chi connectivity index (χ1) is 9.56. The summed E-state index contributed by atoms with van der Waals surface area (Å²) in [4.78, 5) is 2.56. The largest absolute Gasteiger partial charge is 0.465 e. The highest BCUT2D eigenvalue weighted by atomic mass is 16.3. The van der Waals surface area contributed by atoms with Crippen molar-refractivity contribution in [1.82, 2.24) is 10.2 Å². The van der Waals surface area contributed by atoms with Gasteiger partial charge < -0.3 is 9.73 Å². The van der Waals surface area contributed by atoms with Crippen LogP contribution in [0.5, 0.6) is 0 Å². The molecule has 1 aliphatic rings. The van der Waals surface area contributed by atoms with Gasteiger partial charge >= 0.3 is 0 Å². The monoisotopic (exact) mass is 278 g/mol. The Hall–Kier alpha value is -0.800. The van der Waals surface area contributed by atoms with E-state index in [0.29, 0.717) is 12.1 Å². The lowest BCUT2D eigenvalue weighted by atomic mass is 10.0. The van der Waals surface area contributed by atoms with Crippen molar-refractivity contribution in [2.45, 2.75) is 59.0 Å². The summed E-state index contributed by atoms with van der Waals surface area (Å²) < 4.78 is 5.89. The molecular formula is C17H30N2O. The number of furan rings is 1. The molecule has 3 nitrogen and oxygen atoms in total. The van der Waals surface area contributed by atoms with Crippen molar-refractivity contribution in [3.63, 3.8) is 0 Å². The van der Waals surface area contributed by atoms with Crippen LogP contribution in [-0.4, -0.2) is 30.6 Å². The summed E-state index contributed by atoms with van der Waals surface area (Å²) in [6.45, 7) is 12.3. The highest BCUT2D eigenvalue weighted by molar-refractivity contribution is 5.11. The van der Waals surface area contributed by atoms with Crippen LogP contribution in [-0.2, 0) is 0 Å². The maximum Gasteiger partial charge on any atom is 0.122 e. The normalized spacial score (nSPS) is 19.6. The molecule has 1 N–H and O–H groups in total. The maximum absolute atomic E-state index is 5.89. The van der Waals surface area contributed by atoms with Gasteiger partial charge in [0.2, 0.25) is 0 Å². The number of aryl methyl sites for hydroxylation is 1. The van der Waals surface area contributed by atoms with Gasteiger partial charge in [-0.2, -0.15) is 0 Å². The second kappa shape index (κ2) is 7.28. The molecule has 20 heavy (non-hydrogen) atoms. The van der Waals surface area contributed by atoms with Crippen molar-refractivity contribution in [3.05, 3.63) is 23.7 Å². The van der Waals surface area contributed by atoms with E-state index in [-0.39, 0.29) is 0 Å². The molecule has 1 aromatic rings. The summed E-state index contributed by atoms with van der Waals surface area (Å²) in [6.07, 6.45) is 3.86. The predicted octanol–water partition coefficient (Wildman–Crippen LogP) is 3.75. The van der Waals surface area contributed by atoms with Crippen molar-refractivity contribution in [2.24, 2.45) is 5.92 Å². The third-order valence-electron chi connectivity index (χ3n) is 4.16. The zero-order valence-corrected chi connectivity index (χ0v) is 13.5. The Balaban J connectivity index is 1.96. The molecule has 1 saturated heterocycles. The standard InChI is InChI=1S/C17H30N2O/c1-13(2)11-14(3)18-12-16(19-9-5-6-10-19)17-8-7-15(4)20-17/h7-8,13-14,16,18H,5-6,9-12H2,1-4H3/t14-,16-/m1/s1. The predicted molar refractivity (Wildman–Crippen MR) is 83.9 cm³/mol. The molecule has 0 spiro atoms. The molecule has 0 saturated carbocycles. The summed E-state index contributed by atoms with van der Waals surface area (Å²) in [6, 6.07) is 5.18. The van der Waals surface area contributed by atoms with Crippen molar-refractivity contribution >= 4 is 0 Å². The minimum Gasteiger partial charge on any atom is -0.465 e. The zero-order valence-electron chi connectivity index (χ0n) is 13.5. The fraction of sp³-hybridized carbons (Fsp3) is 0.765. The lowest BCUT2D eigenvalue weighted by molar-refractivity contribution is 0.202. The summed E-state index contributed by atoms with van der Waals surface area (Å²) in [5.41, 5.74) is 0. The van der Waals surface area contributed by atoms with Crippen LogP contribution in [0.2, 0.25) is 0 Å². The maximum atomic E-state index is 5.89. The van der Waals surface area contributed by atoms with Crippen molar-refractivity contribution < 1.29 is 4.42 Å². The Morgan fingerprint density at radius 3 is 2.45 bits per heavy atom. The Kier molecular flexibility index (Phi) is 5.67. The molecule has 0 amide bonds. The molecule has 0 bridgehead atoms. The van der Waals surface area contributed by atoms with E-state index in [2.05, 4.69) is 43.1 Å². The van der Waals surface area contributed by atoms with E-state index in [1.54, 1.807) is 0 Å². The van der Waals surface area contributed by atoms with E-state index in [1.165, 1.54) is 32.4 Å².